The zero-order chi connectivity index (χ0) is 27.9. The first-order valence-corrected chi connectivity index (χ1v) is 13.4. The van der Waals surface area contributed by atoms with Gasteiger partial charge in [-0.3, -0.25) is 0 Å². The fourth-order valence-corrected chi connectivity index (χ4v) is 5.28. The molecular weight excluding hydrogens is 551 g/mol. The monoisotopic (exact) mass is 574 g/mol. The van der Waals surface area contributed by atoms with Crippen LogP contribution in [0.4, 0.5) is 24.8 Å². The molecule has 3 aromatic heterocycles. The van der Waals surface area contributed by atoms with Crippen molar-refractivity contribution in [2.45, 2.75) is 36.5 Å². The van der Waals surface area contributed by atoms with E-state index in [1.807, 2.05) is 32.1 Å². The maximum absolute atomic E-state index is 13.6. The molecular formula is C26H24ClF3N7OS+. The van der Waals surface area contributed by atoms with Crippen LogP contribution in [-0.4, -0.2) is 35.0 Å². The Balaban J connectivity index is 1.60. The number of nitrogen functional groups attached to an aromatic ring is 1. The molecule has 202 valence electrons. The van der Waals surface area contributed by atoms with Crippen molar-refractivity contribution < 1.29 is 17.7 Å². The summed E-state index contributed by atoms with van der Waals surface area (Å²) in [6.45, 7) is 3.81. The maximum atomic E-state index is 13.6. The lowest BCUT2D eigenvalue weighted by Gasteiger charge is -2.20. The highest BCUT2D eigenvalue weighted by atomic mass is 35.5. The number of anilines is 2. The Morgan fingerprint density at radius 2 is 1.95 bits per heavy atom. The summed E-state index contributed by atoms with van der Waals surface area (Å²) in [4.78, 5) is 13.5. The Morgan fingerprint density at radius 3 is 2.62 bits per heavy atom. The van der Waals surface area contributed by atoms with Crippen LogP contribution in [0.15, 0.2) is 77.7 Å². The molecule has 0 aliphatic carbocycles. The number of pyridine rings is 1. The number of dihydropyridines is 1. The molecule has 1 aliphatic heterocycles. The summed E-state index contributed by atoms with van der Waals surface area (Å²) in [5.74, 6) is 0.219. The highest BCUT2D eigenvalue weighted by Gasteiger charge is 2.34. The van der Waals surface area contributed by atoms with Gasteiger partial charge in [-0.2, -0.15) is 17.7 Å². The van der Waals surface area contributed by atoms with Gasteiger partial charge in [-0.15, -0.1) is 3.97 Å². The van der Waals surface area contributed by atoms with E-state index < -0.39 is 23.1 Å². The molecule has 4 aromatic rings. The zero-order valence-electron chi connectivity index (χ0n) is 20.7. The fraction of sp³-hybridized carbons (Fsp3) is 0.192. The lowest BCUT2D eigenvalue weighted by molar-refractivity contribution is -0.137. The van der Waals surface area contributed by atoms with E-state index in [4.69, 9.17) is 17.3 Å². The molecule has 0 spiro atoms. The molecule has 0 amide bonds. The maximum Gasteiger partial charge on any atom is 0.417 e. The zero-order valence-corrected chi connectivity index (χ0v) is 22.3. The molecule has 8 nitrogen and oxygen atoms in total. The number of fused-ring (bicyclic) bond motifs is 1. The van der Waals surface area contributed by atoms with Crippen LogP contribution in [0, 0.1) is 6.92 Å². The Kier molecular flexibility index (Phi) is 7.19. The standard InChI is InChI=1S/C26H24ClF3N7OS/c1-14-3-6-18(7-4-14)39(38)37-13-20(19-9-17(26(28,29)30)11-33-24(19)37)23-21(31)12-34-25(36-23)35-15(2)16-5-8-22(27)32-10-16/h3-13,15,22,32,38H,31H2,1-2H3,(H,34,35,36)/q+1. The molecule has 5 rings (SSSR count). The second kappa shape index (κ2) is 10.4. The van der Waals surface area contributed by atoms with E-state index in [0.29, 0.717) is 4.90 Å². The van der Waals surface area contributed by atoms with Crippen molar-refractivity contribution in [3.63, 3.8) is 0 Å². The molecule has 0 saturated heterocycles. The topological polar surface area (TPSA) is 114 Å². The molecule has 3 unspecified atom stereocenters. The number of hydrogen-bond donors (Lipinski definition) is 4. The van der Waals surface area contributed by atoms with Crippen LogP contribution >= 0.6 is 11.6 Å². The Bertz CT molecular complexity index is 1590. The predicted octanol–water partition coefficient (Wildman–Crippen LogP) is 5.72. The first kappa shape index (κ1) is 26.9. The Hall–Kier alpha value is -3.74. The number of halogens is 4. The summed E-state index contributed by atoms with van der Waals surface area (Å²) >= 11 is 4.47. The number of rotatable bonds is 6. The summed E-state index contributed by atoms with van der Waals surface area (Å²) in [6.07, 6.45) is 4.48. The van der Waals surface area contributed by atoms with Gasteiger partial charge >= 0.3 is 17.5 Å². The third-order valence-electron chi connectivity index (χ3n) is 6.14. The summed E-state index contributed by atoms with van der Waals surface area (Å²) in [5.41, 5.74) is 7.69. The van der Waals surface area contributed by atoms with Gasteiger partial charge < -0.3 is 16.4 Å². The van der Waals surface area contributed by atoms with Gasteiger partial charge in [0.15, 0.2) is 5.65 Å². The van der Waals surface area contributed by atoms with E-state index in [-0.39, 0.29) is 45.5 Å². The van der Waals surface area contributed by atoms with E-state index in [1.165, 1.54) is 16.4 Å². The molecule has 3 atom stereocenters. The number of hydrogen-bond acceptors (Lipinski definition) is 7. The smallest absolute Gasteiger partial charge is 0.396 e. The molecule has 0 fully saturated rings. The van der Waals surface area contributed by atoms with E-state index in [1.54, 1.807) is 24.4 Å². The molecule has 0 saturated carbocycles. The van der Waals surface area contributed by atoms with Crippen LogP contribution < -0.4 is 16.4 Å². The van der Waals surface area contributed by atoms with Gasteiger partial charge in [0.25, 0.3) is 0 Å². The second-order valence-electron chi connectivity index (χ2n) is 8.97. The summed E-state index contributed by atoms with van der Waals surface area (Å²) in [5, 5.41) is 6.32. The number of nitrogens with one attached hydrogen (secondary N) is 2. The van der Waals surface area contributed by atoms with Crippen molar-refractivity contribution in [3.05, 3.63) is 84.0 Å². The summed E-state index contributed by atoms with van der Waals surface area (Å²) in [7, 11) is 0. The minimum Gasteiger partial charge on any atom is -0.396 e. The van der Waals surface area contributed by atoms with Crippen LogP contribution in [0.2, 0.25) is 0 Å². The lowest BCUT2D eigenvalue weighted by atomic mass is 10.1. The number of nitrogens with zero attached hydrogens (tertiary/aromatic N) is 4. The van der Waals surface area contributed by atoms with Crippen molar-refractivity contribution >= 4 is 45.6 Å². The van der Waals surface area contributed by atoms with Gasteiger partial charge in [-0.25, -0.2) is 15.0 Å². The lowest BCUT2D eigenvalue weighted by Crippen LogP contribution is -2.25. The third kappa shape index (κ3) is 5.54. The first-order valence-electron chi connectivity index (χ1n) is 11.8. The normalized spacial score (nSPS) is 17.0. The van der Waals surface area contributed by atoms with E-state index in [2.05, 4.69) is 25.6 Å². The number of aryl methyl sites for hydroxylation is 1. The van der Waals surface area contributed by atoms with Gasteiger partial charge in [-0.1, -0.05) is 35.4 Å². The van der Waals surface area contributed by atoms with E-state index >= 15 is 0 Å². The molecule has 0 bridgehead atoms. The molecule has 13 heteroatoms. The molecule has 1 aliphatic rings. The highest BCUT2D eigenvalue weighted by molar-refractivity contribution is 7.90. The van der Waals surface area contributed by atoms with Crippen LogP contribution in [0.1, 0.15) is 18.1 Å². The van der Waals surface area contributed by atoms with Gasteiger partial charge in [0.1, 0.15) is 11.2 Å². The van der Waals surface area contributed by atoms with Gasteiger partial charge in [0, 0.05) is 23.3 Å². The minimum atomic E-state index is -4.62. The molecule has 5 N–H and O–H groups in total. The van der Waals surface area contributed by atoms with Gasteiger partial charge in [-0.05, 0) is 43.7 Å². The van der Waals surface area contributed by atoms with Crippen LogP contribution in [0.3, 0.4) is 0 Å². The number of alkyl halides is 4. The second-order valence-corrected chi connectivity index (χ2v) is 10.8. The SMILES string of the molecule is Cc1ccc([S+](O)n2cc(-c3nc(NC(C)C4=CNC(Cl)C=C4)ncc3N)c3cc(C(F)(F)F)cnc32)cc1. The molecule has 4 heterocycles. The summed E-state index contributed by atoms with van der Waals surface area (Å²) in [6, 6.07) is 7.96. The van der Waals surface area contributed by atoms with Gasteiger partial charge in [0.05, 0.1) is 29.7 Å². The van der Waals surface area contributed by atoms with Crippen molar-refractivity contribution in [1.29, 1.82) is 0 Å². The van der Waals surface area contributed by atoms with Gasteiger partial charge in [0.2, 0.25) is 10.8 Å². The summed E-state index contributed by atoms with van der Waals surface area (Å²) < 4.78 is 53.5. The number of aromatic nitrogens is 4. The first-order chi connectivity index (χ1) is 18.5. The van der Waals surface area contributed by atoms with Crippen LogP contribution in [-0.2, 0) is 17.5 Å². The fourth-order valence-electron chi connectivity index (χ4n) is 4.03. The minimum absolute atomic E-state index is 0.142. The molecule has 1 aromatic carbocycles. The van der Waals surface area contributed by atoms with Crippen molar-refractivity contribution in [3.8, 4) is 11.3 Å². The van der Waals surface area contributed by atoms with Crippen LogP contribution in [0.25, 0.3) is 22.3 Å². The quantitative estimate of drug-likeness (QED) is 0.132. The number of nitrogens with two attached hydrogens (primary N) is 1. The Morgan fingerprint density at radius 1 is 1.21 bits per heavy atom. The largest absolute Gasteiger partial charge is 0.417 e. The van der Waals surface area contributed by atoms with E-state index in [0.717, 1.165) is 23.4 Å². The molecule has 0 radical (unpaired) electrons. The average Bonchev–Trinajstić information content (AvgIpc) is 3.28. The average molecular weight is 575 g/mol. The predicted molar refractivity (Wildman–Crippen MR) is 148 cm³/mol. The number of benzene rings is 1. The van der Waals surface area contributed by atoms with Crippen LogP contribution in [0.5, 0.6) is 0 Å². The van der Waals surface area contributed by atoms with Crippen molar-refractivity contribution in [1.82, 2.24) is 24.2 Å². The Labute approximate surface area is 230 Å². The van der Waals surface area contributed by atoms with Crippen molar-refractivity contribution in [2.24, 2.45) is 0 Å². The van der Waals surface area contributed by atoms with Crippen molar-refractivity contribution in [2.75, 3.05) is 11.1 Å². The molecule has 39 heavy (non-hydrogen) atoms. The van der Waals surface area contributed by atoms with E-state index in [9.17, 15) is 17.7 Å². The highest BCUT2D eigenvalue weighted by Crippen LogP contribution is 2.38. The third-order valence-corrected chi connectivity index (χ3v) is 7.76.